The van der Waals surface area contributed by atoms with E-state index in [1.807, 2.05) is 6.07 Å². The van der Waals surface area contributed by atoms with Gasteiger partial charge >= 0.3 is 5.97 Å². The van der Waals surface area contributed by atoms with E-state index < -0.39 is 29.4 Å². The van der Waals surface area contributed by atoms with Gasteiger partial charge in [-0.25, -0.2) is 9.48 Å². The molecule has 0 saturated heterocycles. The van der Waals surface area contributed by atoms with E-state index in [1.165, 1.54) is 4.68 Å². The van der Waals surface area contributed by atoms with Gasteiger partial charge in [-0.15, -0.1) is 5.10 Å². The first kappa shape index (κ1) is 19.6. The number of rotatable bonds is 10. The average molecular weight is 360 g/mol. The molecule has 1 heterocycles. The van der Waals surface area contributed by atoms with Crippen LogP contribution >= 0.6 is 0 Å². The summed E-state index contributed by atoms with van der Waals surface area (Å²) in [7, 11) is 0. The zero-order chi connectivity index (χ0) is 18.9. The monoisotopic (exact) mass is 360 g/mol. The maximum absolute atomic E-state index is 12.6. The van der Waals surface area contributed by atoms with Gasteiger partial charge in [0.1, 0.15) is 0 Å². The molecule has 0 fully saturated rings. The van der Waals surface area contributed by atoms with E-state index in [2.05, 4.69) is 17.2 Å². The van der Waals surface area contributed by atoms with Crippen LogP contribution in [0.5, 0.6) is 0 Å². The summed E-state index contributed by atoms with van der Waals surface area (Å²) < 4.78 is 6.59. The van der Waals surface area contributed by atoms with Gasteiger partial charge in [0, 0.05) is 11.1 Å². The first-order chi connectivity index (χ1) is 12.6. The zero-order valence-corrected chi connectivity index (χ0v) is 15.1. The molecule has 140 valence electrons. The number of hydrogen-bond donors (Lipinski definition) is 0. The number of aromatic nitrogens is 3. The molecular formula is C18H24N4O4. The molecule has 2 rings (SSSR count). The van der Waals surface area contributed by atoms with Gasteiger partial charge in [-0.2, -0.15) is 0 Å². The molecule has 2 unspecified atom stereocenters. The molecule has 0 aliphatic carbocycles. The Morgan fingerprint density at radius 3 is 2.65 bits per heavy atom. The molecule has 0 spiro atoms. The number of carbonyl (C=O) groups is 1. The lowest BCUT2D eigenvalue weighted by Gasteiger charge is -2.23. The number of carbonyl (C=O) groups excluding carboxylic acids is 1. The van der Waals surface area contributed by atoms with Crippen LogP contribution in [0.3, 0.4) is 0 Å². The first-order valence-corrected chi connectivity index (χ1v) is 8.80. The minimum Gasteiger partial charge on any atom is -0.464 e. The van der Waals surface area contributed by atoms with Crippen LogP contribution in [0.1, 0.15) is 49.9 Å². The fraction of sp³-hybridized carbons (Fsp3) is 0.500. The van der Waals surface area contributed by atoms with Crippen LogP contribution in [-0.4, -0.2) is 39.0 Å². The predicted molar refractivity (Wildman–Crippen MR) is 95.3 cm³/mol. The minimum atomic E-state index is -0.939. The molecular weight excluding hydrogens is 336 g/mol. The smallest absolute Gasteiger partial charge is 0.331 e. The number of esters is 1. The van der Waals surface area contributed by atoms with E-state index in [9.17, 15) is 14.9 Å². The van der Waals surface area contributed by atoms with Crippen molar-refractivity contribution in [2.24, 2.45) is 0 Å². The van der Waals surface area contributed by atoms with Crippen molar-refractivity contribution in [1.29, 1.82) is 0 Å². The van der Waals surface area contributed by atoms with Gasteiger partial charge in [0.2, 0.25) is 6.54 Å². The van der Waals surface area contributed by atoms with Gasteiger partial charge < -0.3 is 4.74 Å². The lowest BCUT2D eigenvalue weighted by atomic mass is 9.91. The number of unbranched alkanes of at least 4 members (excludes halogenated alkanes) is 1. The third-order valence-corrected chi connectivity index (χ3v) is 4.11. The van der Waals surface area contributed by atoms with Gasteiger partial charge in [-0.3, -0.25) is 10.1 Å². The maximum atomic E-state index is 12.6. The Morgan fingerprint density at radius 1 is 1.31 bits per heavy atom. The van der Waals surface area contributed by atoms with Crippen LogP contribution in [0.25, 0.3) is 0 Å². The van der Waals surface area contributed by atoms with Crippen molar-refractivity contribution in [3.63, 3.8) is 0 Å². The molecule has 0 aliphatic rings. The van der Waals surface area contributed by atoms with Crippen molar-refractivity contribution in [2.45, 2.75) is 45.1 Å². The minimum absolute atomic E-state index is 0.187. The Bertz CT molecular complexity index is 717. The van der Waals surface area contributed by atoms with Crippen molar-refractivity contribution in [1.82, 2.24) is 15.0 Å². The second-order valence-electron chi connectivity index (χ2n) is 6.02. The Hall–Kier alpha value is -2.77. The Morgan fingerprint density at radius 2 is 2.04 bits per heavy atom. The van der Waals surface area contributed by atoms with Crippen LogP contribution in [0, 0.1) is 10.1 Å². The van der Waals surface area contributed by atoms with Crippen molar-refractivity contribution in [3.8, 4) is 0 Å². The summed E-state index contributed by atoms with van der Waals surface area (Å²) in [5, 5.41) is 19.4. The van der Waals surface area contributed by atoms with Crippen LogP contribution in [0.2, 0.25) is 0 Å². The topological polar surface area (TPSA) is 100 Å². The van der Waals surface area contributed by atoms with E-state index in [1.54, 1.807) is 37.4 Å². The van der Waals surface area contributed by atoms with Crippen molar-refractivity contribution < 1.29 is 14.5 Å². The van der Waals surface area contributed by atoms with E-state index >= 15 is 0 Å². The van der Waals surface area contributed by atoms with E-state index in [0.29, 0.717) is 5.56 Å². The van der Waals surface area contributed by atoms with Gasteiger partial charge in [-0.05, 0) is 25.3 Å². The van der Waals surface area contributed by atoms with E-state index in [0.717, 1.165) is 25.0 Å². The van der Waals surface area contributed by atoms with Crippen LogP contribution < -0.4 is 0 Å². The molecule has 0 N–H and O–H groups in total. The molecule has 26 heavy (non-hydrogen) atoms. The molecule has 1 aromatic heterocycles. The van der Waals surface area contributed by atoms with Crippen LogP contribution in [0.15, 0.2) is 36.5 Å². The fourth-order valence-electron chi connectivity index (χ4n) is 2.85. The quantitative estimate of drug-likeness (QED) is 0.367. The molecule has 8 nitrogen and oxygen atoms in total. The van der Waals surface area contributed by atoms with Crippen molar-refractivity contribution >= 4 is 5.97 Å². The molecule has 1 aromatic carbocycles. The summed E-state index contributed by atoms with van der Waals surface area (Å²) in [6, 6.07) is 8.01. The van der Waals surface area contributed by atoms with Gasteiger partial charge in [0.05, 0.1) is 18.2 Å². The van der Waals surface area contributed by atoms with Crippen molar-refractivity contribution in [2.75, 3.05) is 13.2 Å². The number of benzene rings is 1. The standard InChI is InChI=1S/C18H24N4O4/c1-3-5-11-15-12-21(20-19-15)17(18(23)26-4-2)16(13-22(24)25)14-9-7-6-8-10-14/h6-10,12,16-17H,3-5,11,13H2,1-2H3. The largest absolute Gasteiger partial charge is 0.464 e. The van der Waals surface area contributed by atoms with Gasteiger partial charge in [0.15, 0.2) is 6.04 Å². The average Bonchev–Trinajstić information content (AvgIpc) is 3.08. The normalized spacial score (nSPS) is 13.2. The fourth-order valence-corrected chi connectivity index (χ4v) is 2.85. The summed E-state index contributed by atoms with van der Waals surface area (Å²) >= 11 is 0. The summed E-state index contributed by atoms with van der Waals surface area (Å²) in [6.07, 6.45) is 4.41. The molecule has 0 saturated carbocycles. The molecule has 2 atom stereocenters. The summed E-state index contributed by atoms with van der Waals surface area (Å²) in [5.41, 5.74) is 1.45. The second-order valence-corrected chi connectivity index (χ2v) is 6.02. The lowest BCUT2D eigenvalue weighted by Crippen LogP contribution is -2.32. The molecule has 0 bridgehead atoms. The first-order valence-electron chi connectivity index (χ1n) is 8.80. The number of ether oxygens (including phenoxy) is 1. The number of aryl methyl sites for hydroxylation is 1. The highest BCUT2D eigenvalue weighted by Gasteiger charge is 2.37. The maximum Gasteiger partial charge on any atom is 0.331 e. The van der Waals surface area contributed by atoms with Gasteiger partial charge in [-0.1, -0.05) is 48.9 Å². The van der Waals surface area contributed by atoms with Crippen molar-refractivity contribution in [3.05, 3.63) is 57.9 Å². The van der Waals surface area contributed by atoms with Gasteiger partial charge in [0.25, 0.3) is 0 Å². The van der Waals surface area contributed by atoms with Crippen LogP contribution in [0.4, 0.5) is 0 Å². The summed E-state index contributed by atoms with van der Waals surface area (Å²) in [6.45, 7) is 3.56. The Labute approximate surface area is 152 Å². The third kappa shape index (κ3) is 5.11. The third-order valence-electron chi connectivity index (χ3n) is 4.11. The van der Waals surface area contributed by atoms with E-state index in [4.69, 9.17) is 4.74 Å². The second kappa shape index (κ2) is 9.65. The lowest BCUT2D eigenvalue weighted by molar-refractivity contribution is -0.484. The predicted octanol–water partition coefficient (Wildman–Crippen LogP) is 2.79. The number of hydrogen-bond acceptors (Lipinski definition) is 6. The SMILES string of the molecule is CCCCc1cn(C(C(=O)OCC)C(C[N+](=O)[O-])c2ccccc2)nn1. The number of nitrogens with zero attached hydrogens (tertiary/aromatic N) is 4. The highest BCUT2D eigenvalue weighted by atomic mass is 16.6. The summed E-state index contributed by atoms with van der Waals surface area (Å²) in [4.78, 5) is 23.5. The highest BCUT2D eigenvalue weighted by Crippen LogP contribution is 2.30. The van der Waals surface area contributed by atoms with E-state index in [-0.39, 0.29) is 6.61 Å². The van der Waals surface area contributed by atoms with Crippen LogP contribution in [-0.2, 0) is 16.0 Å². The zero-order valence-electron chi connectivity index (χ0n) is 15.1. The number of nitro groups is 1. The molecule has 0 radical (unpaired) electrons. The molecule has 0 amide bonds. The highest BCUT2D eigenvalue weighted by molar-refractivity contribution is 5.75. The summed E-state index contributed by atoms with van der Waals surface area (Å²) in [5.74, 6) is -1.25. The Kier molecular flexibility index (Phi) is 7.25. The molecule has 0 aliphatic heterocycles. The molecule has 8 heteroatoms. The molecule has 2 aromatic rings. The Balaban J connectivity index is 2.41.